The van der Waals surface area contributed by atoms with E-state index in [0.717, 1.165) is 16.8 Å². The van der Waals surface area contributed by atoms with Crippen molar-refractivity contribution in [2.45, 2.75) is 6.92 Å². The van der Waals surface area contributed by atoms with Crippen LogP contribution >= 0.6 is 0 Å². The van der Waals surface area contributed by atoms with Crippen molar-refractivity contribution in [3.63, 3.8) is 0 Å². The van der Waals surface area contributed by atoms with Crippen LogP contribution in [0.25, 0.3) is 11.1 Å². The second kappa shape index (κ2) is 7.74. The van der Waals surface area contributed by atoms with Gasteiger partial charge in [-0.25, -0.2) is 5.06 Å². The molecule has 0 bridgehead atoms. The lowest BCUT2D eigenvalue weighted by molar-refractivity contribution is -0.147. The zero-order valence-electron chi connectivity index (χ0n) is 15.0. The predicted molar refractivity (Wildman–Crippen MR) is 100 cm³/mol. The van der Waals surface area contributed by atoms with Gasteiger partial charge >= 0.3 is 5.91 Å². The first-order valence-electron chi connectivity index (χ1n) is 8.34. The maximum Gasteiger partial charge on any atom is 0.301 e. The Labute approximate surface area is 156 Å². The van der Waals surface area contributed by atoms with Crippen LogP contribution in [0.4, 0.5) is 5.82 Å². The van der Waals surface area contributed by atoms with E-state index in [4.69, 9.17) is 4.84 Å². The highest BCUT2D eigenvalue weighted by atomic mass is 16.7. The molecule has 3 rings (SSSR count). The van der Waals surface area contributed by atoms with E-state index in [1.165, 1.54) is 17.5 Å². The van der Waals surface area contributed by atoms with Crippen LogP contribution in [-0.4, -0.2) is 33.6 Å². The van der Waals surface area contributed by atoms with Gasteiger partial charge in [-0.3, -0.25) is 14.4 Å². The third kappa shape index (κ3) is 3.98. The smallest absolute Gasteiger partial charge is 0.301 e. The molecule has 0 atom stereocenters. The molecular formula is C20H19N3O4. The number of hydrogen-bond donors (Lipinski definition) is 1. The first kappa shape index (κ1) is 18.2. The highest BCUT2D eigenvalue weighted by Crippen LogP contribution is 2.30. The Morgan fingerprint density at radius 3 is 2.52 bits per heavy atom. The molecule has 27 heavy (non-hydrogen) atoms. The van der Waals surface area contributed by atoms with E-state index in [0.29, 0.717) is 5.82 Å². The quantitative estimate of drug-likeness (QED) is 0.628. The molecule has 1 aliphatic rings. The molecule has 1 amide bonds. The molecular weight excluding hydrogens is 346 g/mol. The number of Topliss-reactive ketones (excluding diaryl/α,β-unsaturated/α-hetero) is 2. The third-order valence-electron chi connectivity index (χ3n) is 4.19. The van der Waals surface area contributed by atoms with Gasteiger partial charge < -0.3 is 14.7 Å². The number of anilines is 1. The Bertz CT molecular complexity index is 942. The van der Waals surface area contributed by atoms with Crippen LogP contribution in [0.3, 0.4) is 0 Å². The molecule has 0 aliphatic carbocycles. The Balaban J connectivity index is 1.76. The number of allylic oxidation sites excluding steroid dienone is 2. The van der Waals surface area contributed by atoms with Gasteiger partial charge in [-0.15, -0.1) is 0 Å². The summed E-state index contributed by atoms with van der Waals surface area (Å²) in [5.74, 6) is -2.50. The Hall–Kier alpha value is -3.61. The minimum atomic E-state index is -1.13. The summed E-state index contributed by atoms with van der Waals surface area (Å²) >= 11 is 0. The zero-order chi connectivity index (χ0) is 19.4. The minimum Gasteiger partial charge on any atom is -0.388 e. The van der Waals surface area contributed by atoms with Crippen molar-refractivity contribution in [1.29, 1.82) is 0 Å². The number of hydroxylamine groups is 2. The van der Waals surface area contributed by atoms with Gasteiger partial charge in [0, 0.05) is 24.5 Å². The van der Waals surface area contributed by atoms with Gasteiger partial charge in [-0.05, 0) is 30.7 Å². The summed E-state index contributed by atoms with van der Waals surface area (Å²) in [5, 5.41) is 3.75. The molecule has 7 nitrogen and oxygen atoms in total. The van der Waals surface area contributed by atoms with Crippen molar-refractivity contribution in [3.05, 3.63) is 66.7 Å². The third-order valence-corrected chi connectivity index (χ3v) is 4.19. The monoisotopic (exact) mass is 365 g/mol. The molecule has 2 aromatic rings. The van der Waals surface area contributed by atoms with Gasteiger partial charge in [0.15, 0.2) is 0 Å². The van der Waals surface area contributed by atoms with Crippen LogP contribution in [0.2, 0.25) is 0 Å². The van der Waals surface area contributed by atoms with E-state index in [1.807, 2.05) is 43.3 Å². The molecule has 0 spiro atoms. The molecule has 0 unspecified atom stereocenters. The van der Waals surface area contributed by atoms with Gasteiger partial charge in [-0.1, -0.05) is 30.3 Å². The maximum absolute atomic E-state index is 12.4. The molecule has 7 heteroatoms. The number of aryl methyl sites for hydroxylation is 1. The summed E-state index contributed by atoms with van der Waals surface area (Å²) in [6.07, 6.45) is 6.16. The van der Waals surface area contributed by atoms with Crippen molar-refractivity contribution in [1.82, 2.24) is 9.63 Å². The van der Waals surface area contributed by atoms with Crippen LogP contribution in [0.1, 0.15) is 5.69 Å². The van der Waals surface area contributed by atoms with Crippen LogP contribution < -0.4 is 5.32 Å². The van der Waals surface area contributed by atoms with E-state index in [1.54, 1.807) is 23.8 Å². The lowest BCUT2D eigenvalue weighted by atomic mass is 10.1. The van der Waals surface area contributed by atoms with Crippen molar-refractivity contribution >= 4 is 23.3 Å². The first-order chi connectivity index (χ1) is 13.0. The Kier molecular flexibility index (Phi) is 5.21. The fourth-order valence-electron chi connectivity index (χ4n) is 2.65. The van der Waals surface area contributed by atoms with Gasteiger partial charge in [0.2, 0.25) is 5.78 Å². The van der Waals surface area contributed by atoms with Crippen LogP contribution in [0, 0.1) is 6.92 Å². The van der Waals surface area contributed by atoms with Crippen molar-refractivity contribution < 1.29 is 19.2 Å². The summed E-state index contributed by atoms with van der Waals surface area (Å²) < 4.78 is 1.76. The highest BCUT2D eigenvalue weighted by molar-refractivity contribution is 6.65. The normalized spacial score (nSPS) is 12.6. The average molecular weight is 365 g/mol. The highest BCUT2D eigenvalue weighted by Gasteiger charge is 2.26. The SMILES string of the molecule is Cc1cc(-c2ccccc2)c(NC(=O)C(=O)C(=O)CN2C=CC=CO2)n1C. The number of rotatable bonds is 6. The summed E-state index contributed by atoms with van der Waals surface area (Å²) in [4.78, 5) is 41.7. The second-order valence-corrected chi connectivity index (χ2v) is 6.03. The Morgan fingerprint density at radius 2 is 1.85 bits per heavy atom. The molecule has 1 N–H and O–H groups in total. The van der Waals surface area contributed by atoms with Crippen molar-refractivity contribution in [2.24, 2.45) is 7.05 Å². The largest absolute Gasteiger partial charge is 0.388 e. The van der Waals surface area contributed by atoms with Crippen molar-refractivity contribution in [3.8, 4) is 11.1 Å². The first-order valence-corrected chi connectivity index (χ1v) is 8.34. The molecule has 2 heterocycles. The number of carbonyl (C=O) groups excluding carboxylic acids is 3. The van der Waals surface area contributed by atoms with Crippen LogP contribution in [-0.2, 0) is 26.3 Å². The molecule has 0 fully saturated rings. The lowest BCUT2D eigenvalue weighted by Crippen LogP contribution is -2.36. The summed E-state index contributed by atoms with van der Waals surface area (Å²) in [5.41, 5.74) is 2.58. The lowest BCUT2D eigenvalue weighted by Gasteiger charge is -2.18. The van der Waals surface area contributed by atoms with Gasteiger partial charge in [-0.2, -0.15) is 0 Å². The topological polar surface area (TPSA) is 80.6 Å². The summed E-state index contributed by atoms with van der Waals surface area (Å²) in [6.45, 7) is 1.55. The number of benzene rings is 1. The molecule has 0 saturated carbocycles. The standard InChI is InChI=1S/C20H19N3O4/c1-14-12-16(15-8-4-3-5-9-15)19(22(14)2)21-20(26)18(25)17(24)13-23-10-6-7-11-27-23/h3-12H,13H2,1-2H3,(H,21,26). The van der Waals surface area contributed by atoms with E-state index in [-0.39, 0.29) is 6.54 Å². The summed E-state index contributed by atoms with van der Waals surface area (Å²) in [7, 11) is 1.78. The number of carbonyl (C=O) groups is 3. The Morgan fingerprint density at radius 1 is 1.11 bits per heavy atom. The number of nitrogens with one attached hydrogen (secondary N) is 1. The number of ketones is 2. The van der Waals surface area contributed by atoms with Gasteiger partial charge in [0.1, 0.15) is 18.6 Å². The molecule has 0 saturated heterocycles. The predicted octanol–water partition coefficient (Wildman–Crippen LogP) is 2.35. The van der Waals surface area contributed by atoms with E-state index >= 15 is 0 Å². The maximum atomic E-state index is 12.4. The van der Waals surface area contributed by atoms with E-state index in [2.05, 4.69) is 5.32 Å². The fourth-order valence-corrected chi connectivity index (χ4v) is 2.65. The zero-order valence-corrected chi connectivity index (χ0v) is 15.0. The summed E-state index contributed by atoms with van der Waals surface area (Å²) in [6, 6.07) is 11.4. The van der Waals surface area contributed by atoms with E-state index in [9.17, 15) is 14.4 Å². The fraction of sp³-hybridized carbons (Fsp3) is 0.150. The van der Waals surface area contributed by atoms with E-state index < -0.39 is 17.5 Å². The van der Waals surface area contributed by atoms with Crippen LogP contribution in [0.5, 0.6) is 0 Å². The molecule has 1 aliphatic heterocycles. The number of amides is 1. The molecule has 0 radical (unpaired) electrons. The second-order valence-electron chi connectivity index (χ2n) is 6.03. The van der Waals surface area contributed by atoms with Crippen LogP contribution in [0.15, 0.2) is 61.0 Å². The number of nitrogens with zero attached hydrogens (tertiary/aromatic N) is 2. The molecule has 1 aromatic carbocycles. The molecule has 1 aromatic heterocycles. The number of aromatic nitrogens is 1. The minimum absolute atomic E-state index is 0.342. The number of hydrogen-bond acceptors (Lipinski definition) is 5. The molecule has 138 valence electrons. The van der Waals surface area contributed by atoms with Gasteiger partial charge in [0.25, 0.3) is 5.78 Å². The average Bonchev–Trinajstić information content (AvgIpc) is 2.97. The van der Waals surface area contributed by atoms with Gasteiger partial charge in [0.05, 0.1) is 0 Å². The van der Waals surface area contributed by atoms with Crippen molar-refractivity contribution in [2.75, 3.05) is 11.9 Å².